The molecule has 0 amide bonds. The standard InChI is InChI=1S/C20H16N6.4H2O/c1-3-7-19-17(5-1)21-23-25(19)13-15-9-11-16(12-10-15)14-26-20-8-4-2-6-18(20)22-24-26;;;;/h1-12H,13-14H2;4*1H2. The average molecular weight is 412 g/mol. The predicted molar refractivity (Wildman–Crippen MR) is 114 cm³/mol. The van der Waals surface area contributed by atoms with Crippen LogP contribution in [0.15, 0.2) is 72.8 Å². The Morgan fingerprint density at radius 2 is 0.867 bits per heavy atom. The van der Waals surface area contributed by atoms with Gasteiger partial charge in [-0.25, -0.2) is 9.36 Å². The quantitative estimate of drug-likeness (QED) is 0.401. The Balaban J connectivity index is 0.00000112. The third kappa shape index (κ3) is 4.47. The number of benzene rings is 3. The number of hydrogen-bond donors (Lipinski definition) is 0. The largest absolute Gasteiger partial charge is 0.412 e. The third-order valence-electron chi connectivity index (χ3n) is 4.53. The molecule has 0 atom stereocenters. The summed E-state index contributed by atoms with van der Waals surface area (Å²) in [5.41, 5.74) is 6.31. The van der Waals surface area contributed by atoms with Crippen molar-refractivity contribution in [2.24, 2.45) is 0 Å². The number of rotatable bonds is 4. The van der Waals surface area contributed by atoms with Crippen LogP contribution in [0, 0.1) is 0 Å². The fraction of sp³-hybridized carbons (Fsp3) is 0.100. The maximum Gasteiger partial charge on any atom is 0.113 e. The predicted octanol–water partition coefficient (Wildman–Crippen LogP) is -0.0262. The van der Waals surface area contributed by atoms with Gasteiger partial charge in [-0.05, 0) is 35.4 Å². The van der Waals surface area contributed by atoms with Gasteiger partial charge in [-0.1, -0.05) is 59.0 Å². The topological polar surface area (TPSA) is 187 Å². The molecule has 8 N–H and O–H groups in total. The molecule has 0 unspecified atom stereocenters. The first-order chi connectivity index (χ1) is 12.9. The van der Waals surface area contributed by atoms with E-state index >= 15 is 0 Å². The van der Waals surface area contributed by atoms with E-state index in [0.29, 0.717) is 13.1 Å². The smallest absolute Gasteiger partial charge is 0.113 e. The second-order valence-corrected chi connectivity index (χ2v) is 6.29. The molecule has 0 saturated heterocycles. The number of nitrogens with zero attached hydrogens (tertiary/aromatic N) is 6. The summed E-state index contributed by atoms with van der Waals surface area (Å²) in [5, 5.41) is 16.9. The summed E-state index contributed by atoms with van der Waals surface area (Å²) >= 11 is 0. The second-order valence-electron chi connectivity index (χ2n) is 6.29. The van der Waals surface area contributed by atoms with Gasteiger partial charge in [-0.15, -0.1) is 10.2 Å². The zero-order valence-corrected chi connectivity index (χ0v) is 16.0. The zero-order valence-electron chi connectivity index (χ0n) is 16.0. The molecule has 0 saturated carbocycles. The molecule has 0 aliphatic rings. The minimum Gasteiger partial charge on any atom is -0.412 e. The van der Waals surface area contributed by atoms with Crippen molar-refractivity contribution in [2.75, 3.05) is 0 Å². The Morgan fingerprint density at radius 3 is 1.27 bits per heavy atom. The van der Waals surface area contributed by atoms with E-state index in [9.17, 15) is 0 Å². The fourth-order valence-electron chi connectivity index (χ4n) is 3.16. The van der Waals surface area contributed by atoms with Gasteiger partial charge in [0.25, 0.3) is 0 Å². The fourth-order valence-corrected chi connectivity index (χ4v) is 3.16. The maximum absolute atomic E-state index is 4.25. The Hall–Kier alpha value is -3.70. The van der Waals surface area contributed by atoms with E-state index in [1.54, 1.807) is 0 Å². The lowest BCUT2D eigenvalue weighted by molar-refractivity contribution is 0.663. The molecule has 2 aromatic heterocycles. The molecule has 2 heterocycles. The van der Waals surface area contributed by atoms with Crippen LogP contribution < -0.4 is 0 Å². The van der Waals surface area contributed by atoms with Gasteiger partial charge in [-0.3, -0.25) is 0 Å². The summed E-state index contributed by atoms with van der Waals surface area (Å²) in [7, 11) is 0. The van der Waals surface area contributed by atoms with Crippen molar-refractivity contribution < 1.29 is 21.9 Å². The lowest BCUT2D eigenvalue weighted by atomic mass is 10.1. The molecule has 30 heavy (non-hydrogen) atoms. The minimum absolute atomic E-state index is 0. The molecule has 10 nitrogen and oxygen atoms in total. The van der Waals surface area contributed by atoms with Gasteiger partial charge in [0.15, 0.2) is 0 Å². The molecule has 3 aromatic carbocycles. The van der Waals surface area contributed by atoms with Crippen molar-refractivity contribution in [3.8, 4) is 0 Å². The van der Waals surface area contributed by atoms with Crippen LogP contribution in [0.25, 0.3) is 22.1 Å². The zero-order chi connectivity index (χ0) is 17.3. The van der Waals surface area contributed by atoms with Crippen LogP contribution in [-0.2, 0) is 13.1 Å². The van der Waals surface area contributed by atoms with Crippen LogP contribution in [0.2, 0.25) is 0 Å². The Bertz CT molecular complexity index is 1110. The van der Waals surface area contributed by atoms with Gasteiger partial charge in [0.1, 0.15) is 11.0 Å². The van der Waals surface area contributed by atoms with E-state index in [1.807, 2.05) is 57.9 Å². The molecular formula is C20H24N6O4. The maximum atomic E-state index is 4.25. The number of fused-ring (bicyclic) bond motifs is 2. The van der Waals surface area contributed by atoms with Gasteiger partial charge in [0.2, 0.25) is 0 Å². The van der Waals surface area contributed by atoms with E-state index < -0.39 is 0 Å². The number of hydrogen-bond acceptors (Lipinski definition) is 4. The van der Waals surface area contributed by atoms with E-state index in [0.717, 1.165) is 22.1 Å². The summed E-state index contributed by atoms with van der Waals surface area (Å²) in [5.74, 6) is 0. The van der Waals surface area contributed by atoms with Gasteiger partial charge >= 0.3 is 0 Å². The molecular weight excluding hydrogens is 388 g/mol. The van der Waals surface area contributed by atoms with Crippen LogP contribution in [0.1, 0.15) is 11.1 Å². The SMILES string of the molecule is O.O.O.O.c1ccc2c(c1)nnn2Cc1ccc(Cn2nnc3ccccc32)cc1. The first-order valence-electron chi connectivity index (χ1n) is 8.51. The summed E-state index contributed by atoms with van der Waals surface area (Å²) in [6.07, 6.45) is 0. The van der Waals surface area contributed by atoms with Crippen molar-refractivity contribution in [1.82, 2.24) is 30.0 Å². The highest BCUT2D eigenvalue weighted by Crippen LogP contribution is 2.15. The van der Waals surface area contributed by atoms with E-state index in [-0.39, 0.29) is 21.9 Å². The normalized spacial score (nSPS) is 9.87. The molecule has 10 heteroatoms. The summed E-state index contributed by atoms with van der Waals surface area (Å²) in [4.78, 5) is 0. The molecule has 0 radical (unpaired) electrons. The Kier molecular flexibility index (Phi) is 8.26. The average Bonchev–Trinajstić information content (AvgIpc) is 3.28. The number of para-hydroxylation sites is 2. The summed E-state index contributed by atoms with van der Waals surface area (Å²) < 4.78 is 3.85. The lowest BCUT2D eigenvalue weighted by Gasteiger charge is -2.06. The molecule has 0 spiro atoms. The Labute approximate surface area is 171 Å². The molecule has 5 rings (SSSR count). The second kappa shape index (κ2) is 10.2. The highest BCUT2D eigenvalue weighted by Gasteiger charge is 2.06. The van der Waals surface area contributed by atoms with Crippen LogP contribution in [0.5, 0.6) is 0 Å². The van der Waals surface area contributed by atoms with Gasteiger partial charge in [-0.2, -0.15) is 0 Å². The van der Waals surface area contributed by atoms with Crippen LogP contribution in [-0.4, -0.2) is 51.9 Å². The molecule has 158 valence electrons. The monoisotopic (exact) mass is 412 g/mol. The van der Waals surface area contributed by atoms with Crippen molar-refractivity contribution in [3.63, 3.8) is 0 Å². The highest BCUT2D eigenvalue weighted by atomic mass is 16.0. The molecule has 0 aliphatic heterocycles. The lowest BCUT2D eigenvalue weighted by Crippen LogP contribution is -2.04. The first-order valence-corrected chi connectivity index (χ1v) is 8.51. The van der Waals surface area contributed by atoms with Crippen molar-refractivity contribution in [1.29, 1.82) is 0 Å². The first kappa shape index (κ1) is 24.3. The minimum atomic E-state index is 0. The molecule has 5 aromatic rings. The third-order valence-corrected chi connectivity index (χ3v) is 4.53. The molecule has 0 fully saturated rings. The van der Waals surface area contributed by atoms with Gasteiger partial charge in [0, 0.05) is 0 Å². The van der Waals surface area contributed by atoms with E-state index in [2.05, 4.69) is 44.9 Å². The summed E-state index contributed by atoms with van der Waals surface area (Å²) in [6.45, 7) is 1.40. The summed E-state index contributed by atoms with van der Waals surface area (Å²) in [6, 6.07) is 24.5. The van der Waals surface area contributed by atoms with E-state index in [4.69, 9.17) is 0 Å². The van der Waals surface area contributed by atoms with Gasteiger partial charge < -0.3 is 21.9 Å². The van der Waals surface area contributed by atoms with Gasteiger partial charge in [0.05, 0.1) is 24.1 Å². The van der Waals surface area contributed by atoms with Crippen molar-refractivity contribution in [3.05, 3.63) is 83.9 Å². The number of aromatic nitrogens is 6. The van der Waals surface area contributed by atoms with Crippen molar-refractivity contribution in [2.45, 2.75) is 13.1 Å². The van der Waals surface area contributed by atoms with Crippen LogP contribution in [0.4, 0.5) is 0 Å². The molecule has 0 bridgehead atoms. The van der Waals surface area contributed by atoms with Crippen LogP contribution in [0.3, 0.4) is 0 Å². The van der Waals surface area contributed by atoms with Crippen molar-refractivity contribution >= 4 is 22.1 Å². The molecule has 0 aliphatic carbocycles. The van der Waals surface area contributed by atoms with Crippen LogP contribution >= 0.6 is 0 Å². The Morgan fingerprint density at radius 1 is 0.500 bits per heavy atom. The highest BCUT2D eigenvalue weighted by molar-refractivity contribution is 5.74. The van der Waals surface area contributed by atoms with E-state index in [1.165, 1.54) is 11.1 Å².